The van der Waals surface area contributed by atoms with Crippen molar-refractivity contribution in [2.75, 3.05) is 10.7 Å². The zero-order valence-electron chi connectivity index (χ0n) is 9.99. The van der Waals surface area contributed by atoms with Gasteiger partial charge in [-0.15, -0.1) is 0 Å². The first-order chi connectivity index (χ1) is 8.19. The number of hydrazine groups is 1. The average molecular weight is 228 g/mol. The number of nitrogen functional groups attached to an aromatic ring is 1. The Hall–Kier alpha value is -2.07. The fraction of sp³-hybridized carbons (Fsp3) is 0.154. The van der Waals surface area contributed by atoms with E-state index in [4.69, 9.17) is 5.84 Å². The van der Waals surface area contributed by atoms with Crippen LogP contribution in [0.4, 0.5) is 17.2 Å². The van der Waals surface area contributed by atoms with Crippen LogP contribution in [0.3, 0.4) is 0 Å². The molecule has 0 radical (unpaired) electrons. The molecular weight excluding hydrogens is 212 g/mol. The summed E-state index contributed by atoms with van der Waals surface area (Å²) in [5.74, 6) is 5.95. The predicted octanol–water partition coefficient (Wildman–Crippen LogP) is 2.73. The molecule has 2 rings (SSSR count). The van der Waals surface area contributed by atoms with Gasteiger partial charge in [-0.25, -0.2) is 10.8 Å². The number of rotatable bonds is 3. The molecule has 88 valence electrons. The molecule has 4 N–H and O–H groups in total. The first-order valence-corrected chi connectivity index (χ1v) is 5.46. The Morgan fingerprint density at radius 2 is 1.76 bits per heavy atom. The van der Waals surface area contributed by atoms with Crippen LogP contribution in [0.25, 0.3) is 0 Å². The third-order valence-electron chi connectivity index (χ3n) is 2.70. The molecule has 0 fully saturated rings. The van der Waals surface area contributed by atoms with Crippen molar-refractivity contribution in [2.24, 2.45) is 5.84 Å². The van der Waals surface area contributed by atoms with Gasteiger partial charge in [-0.3, -0.25) is 0 Å². The molecule has 4 nitrogen and oxygen atoms in total. The van der Waals surface area contributed by atoms with Crippen molar-refractivity contribution in [3.63, 3.8) is 0 Å². The fourth-order valence-corrected chi connectivity index (χ4v) is 1.57. The van der Waals surface area contributed by atoms with E-state index >= 15 is 0 Å². The third kappa shape index (κ3) is 2.73. The minimum absolute atomic E-state index is 0.638. The maximum atomic E-state index is 5.32. The van der Waals surface area contributed by atoms with Gasteiger partial charge >= 0.3 is 0 Å². The van der Waals surface area contributed by atoms with Crippen molar-refractivity contribution in [1.29, 1.82) is 0 Å². The highest BCUT2D eigenvalue weighted by Crippen LogP contribution is 2.20. The molecule has 2 aromatic rings. The smallest absolute Gasteiger partial charge is 0.141 e. The lowest BCUT2D eigenvalue weighted by molar-refractivity contribution is 1.23. The predicted molar refractivity (Wildman–Crippen MR) is 71.2 cm³/mol. The highest BCUT2D eigenvalue weighted by molar-refractivity contribution is 5.63. The Balaban J connectivity index is 2.22. The first kappa shape index (κ1) is 11.4. The zero-order chi connectivity index (χ0) is 12.3. The summed E-state index contributed by atoms with van der Waals surface area (Å²) in [5.41, 5.74) is 7.09. The Morgan fingerprint density at radius 1 is 1.00 bits per heavy atom. The number of aryl methyl sites for hydroxylation is 2. The summed E-state index contributed by atoms with van der Waals surface area (Å²) < 4.78 is 0. The van der Waals surface area contributed by atoms with Crippen LogP contribution in [0.1, 0.15) is 11.1 Å². The summed E-state index contributed by atoms with van der Waals surface area (Å²) in [6, 6.07) is 10.0. The number of pyridine rings is 1. The highest BCUT2D eigenvalue weighted by Gasteiger charge is 1.98. The van der Waals surface area contributed by atoms with Crippen molar-refractivity contribution in [3.05, 3.63) is 47.7 Å². The molecule has 1 aromatic carbocycles. The molecule has 0 saturated carbocycles. The van der Waals surface area contributed by atoms with Gasteiger partial charge in [0.2, 0.25) is 0 Å². The summed E-state index contributed by atoms with van der Waals surface area (Å²) in [6.45, 7) is 4.20. The van der Waals surface area contributed by atoms with E-state index in [1.54, 1.807) is 6.20 Å². The van der Waals surface area contributed by atoms with Gasteiger partial charge < -0.3 is 10.7 Å². The lowest BCUT2D eigenvalue weighted by atomic mass is 10.1. The second-order valence-electron chi connectivity index (χ2n) is 4.00. The van der Waals surface area contributed by atoms with Gasteiger partial charge in [0.25, 0.3) is 0 Å². The van der Waals surface area contributed by atoms with E-state index in [1.165, 1.54) is 11.1 Å². The van der Waals surface area contributed by atoms with Crippen LogP contribution in [0.2, 0.25) is 0 Å². The van der Waals surface area contributed by atoms with Crippen molar-refractivity contribution in [3.8, 4) is 0 Å². The number of hydrogen-bond donors (Lipinski definition) is 3. The van der Waals surface area contributed by atoms with Crippen LogP contribution in [0.5, 0.6) is 0 Å². The van der Waals surface area contributed by atoms with Gasteiger partial charge in [0, 0.05) is 23.6 Å². The van der Waals surface area contributed by atoms with E-state index in [1.807, 2.05) is 12.1 Å². The monoisotopic (exact) mass is 228 g/mol. The van der Waals surface area contributed by atoms with E-state index in [-0.39, 0.29) is 0 Å². The third-order valence-corrected chi connectivity index (χ3v) is 2.70. The molecule has 0 aliphatic rings. The van der Waals surface area contributed by atoms with E-state index < -0.39 is 0 Å². The Labute approximate surface area is 101 Å². The second-order valence-corrected chi connectivity index (χ2v) is 4.00. The van der Waals surface area contributed by atoms with E-state index in [2.05, 4.69) is 47.8 Å². The van der Waals surface area contributed by atoms with Crippen LogP contribution in [0.15, 0.2) is 36.5 Å². The standard InChI is InChI=1S/C13H16N4/c1-9-3-4-11(7-10(9)2)16-12-5-6-15-13(8-12)17-14/h3-8H,14H2,1-2H3,(H2,15,16,17). The quantitative estimate of drug-likeness (QED) is 0.558. The zero-order valence-corrected chi connectivity index (χ0v) is 9.99. The van der Waals surface area contributed by atoms with Gasteiger partial charge in [0.05, 0.1) is 0 Å². The highest BCUT2D eigenvalue weighted by atomic mass is 15.2. The Kier molecular flexibility index (Phi) is 3.25. The lowest BCUT2D eigenvalue weighted by Crippen LogP contribution is -2.08. The maximum Gasteiger partial charge on any atom is 0.141 e. The van der Waals surface area contributed by atoms with E-state index in [0.717, 1.165) is 11.4 Å². The molecule has 0 aliphatic heterocycles. The van der Waals surface area contributed by atoms with E-state index in [9.17, 15) is 0 Å². The molecule has 0 saturated heterocycles. The molecule has 1 heterocycles. The van der Waals surface area contributed by atoms with Gasteiger partial charge in [0.15, 0.2) is 0 Å². The van der Waals surface area contributed by atoms with Crippen molar-refractivity contribution < 1.29 is 0 Å². The topological polar surface area (TPSA) is 63.0 Å². The number of benzene rings is 1. The van der Waals surface area contributed by atoms with Crippen LogP contribution in [-0.4, -0.2) is 4.98 Å². The Morgan fingerprint density at radius 3 is 2.47 bits per heavy atom. The van der Waals surface area contributed by atoms with Crippen LogP contribution in [0, 0.1) is 13.8 Å². The van der Waals surface area contributed by atoms with Crippen molar-refractivity contribution in [1.82, 2.24) is 4.98 Å². The molecule has 1 aromatic heterocycles. The molecule has 0 bridgehead atoms. The maximum absolute atomic E-state index is 5.32. The first-order valence-electron chi connectivity index (χ1n) is 5.46. The summed E-state index contributed by atoms with van der Waals surface area (Å²) in [6.07, 6.45) is 1.71. The summed E-state index contributed by atoms with van der Waals surface area (Å²) in [4.78, 5) is 4.06. The number of nitrogens with one attached hydrogen (secondary N) is 2. The minimum Gasteiger partial charge on any atom is -0.355 e. The van der Waals surface area contributed by atoms with Crippen molar-refractivity contribution >= 4 is 17.2 Å². The number of hydrogen-bond acceptors (Lipinski definition) is 4. The summed E-state index contributed by atoms with van der Waals surface area (Å²) in [7, 11) is 0. The number of aromatic nitrogens is 1. The number of anilines is 3. The molecule has 0 amide bonds. The molecule has 4 heteroatoms. The molecule has 17 heavy (non-hydrogen) atoms. The molecule has 0 aliphatic carbocycles. The average Bonchev–Trinajstić information content (AvgIpc) is 2.34. The van der Waals surface area contributed by atoms with E-state index in [0.29, 0.717) is 5.82 Å². The van der Waals surface area contributed by atoms with Crippen LogP contribution >= 0.6 is 0 Å². The fourth-order valence-electron chi connectivity index (χ4n) is 1.57. The van der Waals surface area contributed by atoms with Crippen molar-refractivity contribution in [2.45, 2.75) is 13.8 Å². The minimum atomic E-state index is 0.638. The van der Waals surface area contributed by atoms with Crippen LogP contribution < -0.4 is 16.6 Å². The van der Waals surface area contributed by atoms with Crippen LogP contribution in [-0.2, 0) is 0 Å². The lowest BCUT2D eigenvalue weighted by Gasteiger charge is -2.09. The number of nitrogens with two attached hydrogens (primary N) is 1. The van der Waals surface area contributed by atoms with Gasteiger partial charge in [0.1, 0.15) is 5.82 Å². The second kappa shape index (κ2) is 4.84. The van der Waals surface area contributed by atoms with Gasteiger partial charge in [-0.2, -0.15) is 0 Å². The van der Waals surface area contributed by atoms with Gasteiger partial charge in [-0.05, 0) is 43.2 Å². The molecule has 0 unspecified atom stereocenters. The summed E-state index contributed by atoms with van der Waals surface area (Å²) >= 11 is 0. The molecular formula is C13H16N4. The SMILES string of the molecule is Cc1ccc(Nc2ccnc(NN)c2)cc1C. The number of nitrogens with zero attached hydrogens (tertiary/aromatic N) is 1. The summed E-state index contributed by atoms with van der Waals surface area (Å²) in [5, 5.41) is 3.31. The Bertz CT molecular complexity index is 523. The van der Waals surface area contributed by atoms with Gasteiger partial charge in [-0.1, -0.05) is 6.07 Å². The normalized spacial score (nSPS) is 10.1. The molecule has 0 spiro atoms. The molecule has 0 atom stereocenters. The largest absolute Gasteiger partial charge is 0.355 e.